The van der Waals surface area contributed by atoms with Crippen molar-refractivity contribution in [1.82, 2.24) is 25.2 Å². The predicted octanol–water partition coefficient (Wildman–Crippen LogP) is 3.10. The summed E-state index contributed by atoms with van der Waals surface area (Å²) in [7, 11) is 1.66. The third kappa shape index (κ3) is 4.36. The van der Waals surface area contributed by atoms with Crippen molar-refractivity contribution in [2.75, 3.05) is 20.2 Å². The predicted molar refractivity (Wildman–Crippen MR) is 121 cm³/mol. The van der Waals surface area contributed by atoms with Gasteiger partial charge in [-0.1, -0.05) is 30.2 Å². The van der Waals surface area contributed by atoms with Gasteiger partial charge in [0.05, 0.1) is 24.8 Å². The molecule has 0 atom stereocenters. The molecule has 8 heteroatoms. The molecular formula is C24H33N5O3. The van der Waals surface area contributed by atoms with Crippen LogP contribution in [0.1, 0.15) is 74.5 Å². The first-order valence-corrected chi connectivity index (χ1v) is 11.6. The van der Waals surface area contributed by atoms with E-state index in [0.29, 0.717) is 18.8 Å². The van der Waals surface area contributed by atoms with Gasteiger partial charge in [-0.2, -0.15) is 0 Å². The number of carbonyl (C=O) groups excluding carboxylic acids is 2. The highest BCUT2D eigenvalue weighted by Crippen LogP contribution is 2.43. The molecule has 1 aliphatic heterocycles. The highest BCUT2D eigenvalue weighted by molar-refractivity contribution is 5.92. The van der Waals surface area contributed by atoms with Gasteiger partial charge in [0.1, 0.15) is 5.75 Å². The highest BCUT2D eigenvalue weighted by Gasteiger charge is 2.45. The lowest BCUT2D eigenvalue weighted by molar-refractivity contribution is -0.138. The summed E-state index contributed by atoms with van der Waals surface area (Å²) in [4.78, 5) is 27.9. The molecule has 2 fully saturated rings. The van der Waals surface area contributed by atoms with Crippen molar-refractivity contribution in [3.8, 4) is 5.75 Å². The summed E-state index contributed by atoms with van der Waals surface area (Å²) in [5, 5.41) is 11.1. The Balaban J connectivity index is 1.42. The summed E-state index contributed by atoms with van der Waals surface area (Å²) in [6, 6.07) is 8.20. The van der Waals surface area contributed by atoms with E-state index in [1.807, 2.05) is 43.0 Å². The molecule has 1 aromatic heterocycles. The summed E-state index contributed by atoms with van der Waals surface area (Å²) in [6.07, 6.45) is 7.28. The SMILES string of the molecule is COc1ccc(C2(C(=O)N3CCC(n4cc(C(=O)NC(C)C)nn4)CC3)CCCC2)cc1. The molecule has 2 aromatic rings. The Hall–Kier alpha value is -2.90. The summed E-state index contributed by atoms with van der Waals surface area (Å²) in [6.45, 7) is 5.21. The molecule has 2 aliphatic rings. The summed E-state index contributed by atoms with van der Waals surface area (Å²) < 4.78 is 7.08. The lowest BCUT2D eigenvalue weighted by Gasteiger charge is -2.38. The summed E-state index contributed by atoms with van der Waals surface area (Å²) in [5.74, 6) is 0.847. The van der Waals surface area contributed by atoms with Crippen LogP contribution in [0.4, 0.5) is 0 Å². The highest BCUT2D eigenvalue weighted by atomic mass is 16.5. The molecule has 32 heavy (non-hydrogen) atoms. The maximum Gasteiger partial charge on any atom is 0.273 e. The Kier molecular flexibility index (Phi) is 6.48. The van der Waals surface area contributed by atoms with E-state index in [-0.39, 0.29) is 23.9 Å². The van der Waals surface area contributed by atoms with Crippen LogP contribution in [0.5, 0.6) is 5.75 Å². The number of likely N-dealkylation sites (tertiary alicyclic amines) is 1. The molecule has 0 bridgehead atoms. The summed E-state index contributed by atoms with van der Waals surface area (Å²) in [5.41, 5.74) is 1.01. The molecule has 0 radical (unpaired) electrons. The second-order valence-corrected chi connectivity index (χ2v) is 9.25. The standard InChI is InChI=1S/C24H33N5O3/c1-17(2)25-22(30)21-16-29(27-26-21)19-10-14-28(15-11-19)23(31)24(12-4-5-13-24)18-6-8-20(32-3)9-7-18/h6-9,16-17,19H,4-5,10-15H2,1-3H3,(H,25,30). The zero-order chi connectivity index (χ0) is 22.7. The molecule has 1 N–H and O–H groups in total. The van der Waals surface area contributed by atoms with Gasteiger partial charge in [-0.3, -0.25) is 9.59 Å². The first kappa shape index (κ1) is 22.3. The van der Waals surface area contributed by atoms with Crippen LogP contribution < -0.4 is 10.1 Å². The number of hydrogen-bond acceptors (Lipinski definition) is 5. The number of nitrogens with zero attached hydrogens (tertiary/aromatic N) is 4. The Labute approximate surface area is 189 Å². The van der Waals surface area contributed by atoms with E-state index < -0.39 is 5.41 Å². The fourth-order valence-electron chi connectivity index (χ4n) is 5.05. The molecule has 1 aliphatic carbocycles. The van der Waals surface area contributed by atoms with E-state index >= 15 is 0 Å². The van der Waals surface area contributed by atoms with Crippen molar-refractivity contribution in [1.29, 1.82) is 0 Å². The molecule has 1 saturated heterocycles. The lowest BCUT2D eigenvalue weighted by Crippen LogP contribution is -2.48. The molecule has 0 spiro atoms. The van der Waals surface area contributed by atoms with Crippen LogP contribution in [-0.4, -0.2) is 57.9 Å². The number of carbonyl (C=O) groups is 2. The Morgan fingerprint density at radius 2 is 1.78 bits per heavy atom. The Morgan fingerprint density at radius 1 is 1.12 bits per heavy atom. The van der Waals surface area contributed by atoms with E-state index in [4.69, 9.17) is 4.74 Å². The molecule has 2 amide bonds. The van der Waals surface area contributed by atoms with Crippen molar-refractivity contribution in [3.63, 3.8) is 0 Å². The third-order valence-electron chi connectivity index (χ3n) is 6.80. The van der Waals surface area contributed by atoms with Crippen LogP contribution in [0.15, 0.2) is 30.5 Å². The number of benzene rings is 1. The molecule has 172 valence electrons. The van der Waals surface area contributed by atoms with E-state index in [1.165, 1.54) is 0 Å². The lowest BCUT2D eigenvalue weighted by atomic mass is 9.77. The molecule has 0 unspecified atom stereocenters. The number of rotatable bonds is 6. The van der Waals surface area contributed by atoms with Crippen LogP contribution in [0.2, 0.25) is 0 Å². The number of hydrogen-bond donors (Lipinski definition) is 1. The monoisotopic (exact) mass is 439 g/mol. The van der Waals surface area contributed by atoms with E-state index in [2.05, 4.69) is 15.6 Å². The number of nitrogens with one attached hydrogen (secondary N) is 1. The van der Waals surface area contributed by atoms with Crippen LogP contribution in [0.3, 0.4) is 0 Å². The number of methoxy groups -OCH3 is 1. The third-order valence-corrected chi connectivity index (χ3v) is 6.80. The minimum absolute atomic E-state index is 0.0514. The normalized spacial score (nSPS) is 18.7. The summed E-state index contributed by atoms with van der Waals surface area (Å²) >= 11 is 0. The first-order valence-electron chi connectivity index (χ1n) is 11.6. The fraction of sp³-hybridized carbons (Fsp3) is 0.583. The second-order valence-electron chi connectivity index (χ2n) is 9.25. The van der Waals surface area contributed by atoms with Gasteiger partial charge in [0.2, 0.25) is 5.91 Å². The minimum atomic E-state index is -0.422. The van der Waals surface area contributed by atoms with Crippen molar-refractivity contribution in [2.45, 2.75) is 69.9 Å². The zero-order valence-electron chi connectivity index (χ0n) is 19.2. The average molecular weight is 440 g/mol. The smallest absolute Gasteiger partial charge is 0.273 e. The van der Waals surface area contributed by atoms with Gasteiger partial charge in [0.25, 0.3) is 5.91 Å². The fourth-order valence-corrected chi connectivity index (χ4v) is 5.05. The van der Waals surface area contributed by atoms with Crippen LogP contribution in [0.25, 0.3) is 0 Å². The molecule has 1 aromatic carbocycles. The van der Waals surface area contributed by atoms with Crippen LogP contribution in [-0.2, 0) is 10.2 Å². The van der Waals surface area contributed by atoms with Gasteiger partial charge in [-0.05, 0) is 57.2 Å². The Bertz CT molecular complexity index is 939. The number of piperidine rings is 1. The molecule has 1 saturated carbocycles. The van der Waals surface area contributed by atoms with Gasteiger partial charge in [0, 0.05) is 19.1 Å². The molecular weight excluding hydrogens is 406 g/mol. The number of ether oxygens (including phenoxy) is 1. The first-order chi connectivity index (χ1) is 15.4. The van der Waals surface area contributed by atoms with Gasteiger partial charge in [-0.25, -0.2) is 4.68 Å². The number of amides is 2. The van der Waals surface area contributed by atoms with Gasteiger partial charge in [0.15, 0.2) is 5.69 Å². The maximum absolute atomic E-state index is 13.7. The Morgan fingerprint density at radius 3 is 2.38 bits per heavy atom. The second kappa shape index (κ2) is 9.30. The van der Waals surface area contributed by atoms with Crippen LogP contribution >= 0.6 is 0 Å². The van der Waals surface area contributed by atoms with Crippen molar-refractivity contribution >= 4 is 11.8 Å². The van der Waals surface area contributed by atoms with E-state index in [9.17, 15) is 9.59 Å². The van der Waals surface area contributed by atoms with Crippen molar-refractivity contribution in [3.05, 3.63) is 41.7 Å². The molecule has 2 heterocycles. The number of aromatic nitrogens is 3. The van der Waals surface area contributed by atoms with E-state index in [1.54, 1.807) is 18.0 Å². The molecule has 8 nitrogen and oxygen atoms in total. The van der Waals surface area contributed by atoms with Crippen molar-refractivity contribution in [2.24, 2.45) is 0 Å². The largest absolute Gasteiger partial charge is 0.497 e. The average Bonchev–Trinajstić information content (AvgIpc) is 3.49. The maximum atomic E-state index is 13.7. The van der Waals surface area contributed by atoms with Gasteiger partial charge < -0.3 is 15.0 Å². The molecule has 4 rings (SSSR count). The topological polar surface area (TPSA) is 89.4 Å². The van der Waals surface area contributed by atoms with Gasteiger partial charge >= 0.3 is 0 Å². The quantitative estimate of drug-likeness (QED) is 0.747. The minimum Gasteiger partial charge on any atom is -0.497 e. The van der Waals surface area contributed by atoms with Gasteiger partial charge in [-0.15, -0.1) is 5.10 Å². The van der Waals surface area contributed by atoms with Crippen molar-refractivity contribution < 1.29 is 14.3 Å². The van der Waals surface area contributed by atoms with Crippen LogP contribution in [0, 0.1) is 0 Å². The zero-order valence-corrected chi connectivity index (χ0v) is 19.2. The van der Waals surface area contributed by atoms with E-state index in [0.717, 1.165) is 49.8 Å².